The van der Waals surface area contributed by atoms with Crippen LogP contribution in [0.1, 0.15) is 23.2 Å². The molecule has 0 aliphatic heterocycles. The third kappa shape index (κ3) is 3.90. The largest absolute Gasteiger partial charge is 0.324 e. The van der Waals surface area contributed by atoms with E-state index in [-0.39, 0.29) is 11.5 Å². The van der Waals surface area contributed by atoms with Crippen molar-refractivity contribution in [2.24, 2.45) is 0 Å². The highest BCUT2D eigenvalue weighted by molar-refractivity contribution is 5.99. The van der Waals surface area contributed by atoms with Gasteiger partial charge in [-0.15, -0.1) is 0 Å². The van der Waals surface area contributed by atoms with E-state index in [0.29, 0.717) is 17.2 Å². The summed E-state index contributed by atoms with van der Waals surface area (Å²) in [6.07, 6.45) is 2.40. The van der Waals surface area contributed by atoms with Crippen molar-refractivity contribution in [3.8, 4) is 17.2 Å². The molecule has 5 rings (SSSR count). The number of hydrogen-bond acceptors (Lipinski definition) is 4. The van der Waals surface area contributed by atoms with Gasteiger partial charge < -0.3 is 5.32 Å². The summed E-state index contributed by atoms with van der Waals surface area (Å²) in [4.78, 5) is 32.7. The molecule has 0 saturated carbocycles. The van der Waals surface area contributed by atoms with Crippen molar-refractivity contribution in [2.75, 3.05) is 10.6 Å². The number of hydrogen-bond donors (Lipinski definition) is 3. The molecule has 4 aromatic rings. The van der Waals surface area contributed by atoms with Crippen LogP contribution in [0.25, 0.3) is 17.2 Å². The van der Waals surface area contributed by atoms with Crippen molar-refractivity contribution in [1.82, 2.24) is 19.7 Å². The maximum absolute atomic E-state index is 12.7. The Morgan fingerprint density at radius 1 is 1.03 bits per heavy atom. The molecule has 0 saturated heterocycles. The Bertz CT molecular complexity index is 1340. The van der Waals surface area contributed by atoms with Crippen molar-refractivity contribution in [1.29, 1.82) is 0 Å². The molecule has 0 bridgehead atoms. The smallest absolute Gasteiger partial charge is 0.308 e. The van der Waals surface area contributed by atoms with Gasteiger partial charge in [-0.05, 0) is 38.3 Å². The minimum absolute atomic E-state index is 0.158. The number of aryl methyl sites for hydroxylation is 2. The van der Waals surface area contributed by atoms with Crippen LogP contribution in [-0.2, 0) is 12.8 Å². The number of aromatic amines is 1. The Morgan fingerprint density at radius 3 is 2.59 bits per heavy atom. The van der Waals surface area contributed by atoms with Gasteiger partial charge in [-0.1, -0.05) is 48.0 Å². The lowest BCUT2D eigenvalue weighted by Crippen LogP contribution is -2.23. The van der Waals surface area contributed by atoms with Gasteiger partial charge in [0.25, 0.3) is 5.56 Å². The Balaban J connectivity index is 1.51. The molecule has 1 aliphatic rings. The van der Waals surface area contributed by atoms with Gasteiger partial charge in [0.2, 0.25) is 5.95 Å². The molecule has 3 N–H and O–H groups in total. The molecule has 2 heterocycles. The molecular formula is C24H22N6O2. The SMILES string of the molecule is Cc1ccc(NC(=O)Nc2cc(-c3ccccc3)nn2-c2nc3c(c(=O)[nH]2)CCC3)cc1. The Hall–Kier alpha value is -4.20. The van der Waals surface area contributed by atoms with E-state index >= 15 is 0 Å². The fourth-order valence-corrected chi connectivity index (χ4v) is 3.83. The fourth-order valence-electron chi connectivity index (χ4n) is 3.83. The molecule has 0 atom stereocenters. The number of H-pyrrole nitrogens is 1. The second kappa shape index (κ2) is 8.14. The molecule has 2 amide bonds. The molecule has 0 radical (unpaired) electrons. The van der Waals surface area contributed by atoms with Crippen LogP contribution in [0.15, 0.2) is 65.5 Å². The van der Waals surface area contributed by atoms with Crippen molar-refractivity contribution < 1.29 is 4.79 Å². The van der Waals surface area contributed by atoms with Crippen LogP contribution in [0.4, 0.5) is 16.3 Å². The predicted octanol–water partition coefficient (Wildman–Crippen LogP) is 4.06. The minimum Gasteiger partial charge on any atom is -0.308 e. The lowest BCUT2D eigenvalue weighted by molar-refractivity contribution is 0.262. The Kier molecular flexibility index (Phi) is 5.03. The summed E-state index contributed by atoms with van der Waals surface area (Å²) in [6, 6.07) is 18.5. The van der Waals surface area contributed by atoms with Crippen LogP contribution in [0.2, 0.25) is 0 Å². The first kappa shape index (κ1) is 19.7. The molecule has 2 aromatic carbocycles. The van der Waals surface area contributed by atoms with Crippen LogP contribution in [0.3, 0.4) is 0 Å². The average molecular weight is 426 g/mol. The second-order valence-electron chi connectivity index (χ2n) is 7.81. The van der Waals surface area contributed by atoms with Gasteiger partial charge in [0.1, 0.15) is 5.82 Å². The highest BCUT2D eigenvalue weighted by Crippen LogP contribution is 2.25. The third-order valence-corrected chi connectivity index (χ3v) is 5.46. The number of aromatic nitrogens is 4. The molecular weight excluding hydrogens is 404 g/mol. The molecule has 0 unspecified atom stereocenters. The summed E-state index contributed by atoms with van der Waals surface area (Å²) in [5, 5.41) is 10.3. The average Bonchev–Trinajstić information content (AvgIpc) is 3.43. The number of carbonyl (C=O) groups excluding carboxylic acids is 1. The molecule has 0 spiro atoms. The van der Waals surface area contributed by atoms with Crippen molar-refractivity contribution in [2.45, 2.75) is 26.2 Å². The van der Waals surface area contributed by atoms with E-state index in [2.05, 4.69) is 25.7 Å². The summed E-state index contributed by atoms with van der Waals surface area (Å²) in [5.41, 5.74) is 4.68. The summed E-state index contributed by atoms with van der Waals surface area (Å²) in [6.45, 7) is 1.98. The van der Waals surface area contributed by atoms with Gasteiger partial charge in [-0.2, -0.15) is 9.78 Å². The molecule has 8 heteroatoms. The monoisotopic (exact) mass is 426 g/mol. The van der Waals surface area contributed by atoms with Gasteiger partial charge >= 0.3 is 6.03 Å². The number of benzene rings is 2. The molecule has 32 heavy (non-hydrogen) atoms. The van der Waals surface area contributed by atoms with E-state index in [1.165, 1.54) is 4.68 Å². The van der Waals surface area contributed by atoms with Gasteiger partial charge in [-0.25, -0.2) is 9.78 Å². The van der Waals surface area contributed by atoms with Crippen LogP contribution in [0, 0.1) is 6.92 Å². The van der Waals surface area contributed by atoms with Gasteiger partial charge in [-0.3, -0.25) is 15.1 Å². The zero-order chi connectivity index (χ0) is 22.1. The molecule has 160 valence electrons. The van der Waals surface area contributed by atoms with Gasteiger partial charge in [0.15, 0.2) is 0 Å². The second-order valence-corrected chi connectivity index (χ2v) is 7.81. The number of amides is 2. The molecule has 8 nitrogen and oxygen atoms in total. The fraction of sp³-hybridized carbons (Fsp3) is 0.167. The summed E-state index contributed by atoms with van der Waals surface area (Å²) < 4.78 is 1.47. The molecule has 2 aromatic heterocycles. The first-order valence-corrected chi connectivity index (χ1v) is 10.5. The van der Waals surface area contributed by atoms with Crippen molar-refractivity contribution in [3.05, 3.63) is 87.8 Å². The van der Waals surface area contributed by atoms with Gasteiger partial charge in [0.05, 0.1) is 11.4 Å². The minimum atomic E-state index is -0.418. The lowest BCUT2D eigenvalue weighted by Gasteiger charge is -2.10. The van der Waals surface area contributed by atoms with Crippen molar-refractivity contribution >= 4 is 17.5 Å². The standard InChI is InChI=1S/C24H22N6O2/c1-15-10-12-17(13-11-15)25-24(32)27-21-14-20(16-6-3-2-4-7-16)29-30(21)23-26-19-9-5-8-18(19)22(31)28-23/h2-4,6-7,10-14H,5,8-9H2,1H3,(H2,25,27,32)(H,26,28,31). The summed E-state index contributed by atoms with van der Waals surface area (Å²) in [5.74, 6) is 0.679. The number of anilines is 2. The highest BCUT2D eigenvalue weighted by atomic mass is 16.2. The molecule has 1 aliphatic carbocycles. The van der Waals surface area contributed by atoms with Crippen LogP contribution in [0.5, 0.6) is 0 Å². The quantitative estimate of drug-likeness (QED) is 0.458. The van der Waals surface area contributed by atoms with Gasteiger partial charge in [0, 0.05) is 22.9 Å². The first-order chi connectivity index (χ1) is 15.6. The summed E-state index contributed by atoms with van der Waals surface area (Å²) >= 11 is 0. The van der Waals surface area contributed by atoms with Crippen LogP contribution in [-0.4, -0.2) is 25.8 Å². The van der Waals surface area contributed by atoms with E-state index < -0.39 is 6.03 Å². The summed E-state index contributed by atoms with van der Waals surface area (Å²) in [7, 11) is 0. The number of carbonyl (C=O) groups is 1. The van der Waals surface area contributed by atoms with Crippen molar-refractivity contribution in [3.63, 3.8) is 0 Å². The van der Waals surface area contributed by atoms with Crippen LogP contribution < -0.4 is 16.2 Å². The zero-order valence-corrected chi connectivity index (χ0v) is 17.6. The number of rotatable bonds is 4. The van der Waals surface area contributed by atoms with E-state index in [9.17, 15) is 9.59 Å². The Labute approximate surface area is 184 Å². The maximum Gasteiger partial charge on any atom is 0.324 e. The first-order valence-electron chi connectivity index (χ1n) is 10.5. The Morgan fingerprint density at radius 2 is 1.81 bits per heavy atom. The topological polar surface area (TPSA) is 105 Å². The van der Waals surface area contributed by atoms with E-state index in [0.717, 1.165) is 41.6 Å². The zero-order valence-electron chi connectivity index (χ0n) is 17.6. The predicted molar refractivity (Wildman–Crippen MR) is 123 cm³/mol. The van der Waals surface area contributed by atoms with Crippen LogP contribution >= 0.6 is 0 Å². The normalized spacial score (nSPS) is 12.4. The molecule has 0 fully saturated rings. The van der Waals surface area contributed by atoms with E-state index in [1.807, 2.05) is 61.5 Å². The number of nitrogens with zero attached hydrogens (tertiary/aromatic N) is 3. The highest BCUT2D eigenvalue weighted by Gasteiger charge is 2.21. The maximum atomic E-state index is 12.7. The number of fused-ring (bicyclic) bond motifs is 1. The number of nitrogens with one attached hydrogen (secondary N) is 3. The lowest BCUT2D eigenvalue weighted by atomic mass is 10.2. The van der Waals surface area contributed by atoms with E-state index in [1.54, 1.807) is 6.07 Å². The number of urea groups is 1. The third-order valence-electron chi connectivity index (χ3n) is 5.46. The van der Waals surface area contributed by atoms with E-state index in [4.69, 9.17) is 0 Å².